The fraction of sp³-hybridized carbons (Fsp3) is 0.364. The minimum atomic E-state index is -4.82. The highest BCUT2D eigenvalue weighted by Crippen LogP contribution is 2.36. The molecule has 0 aliphatic heterocycles. The van der Waals surface area contributed by atoms with Gasteiger partial charge in [0.1, 0.15) is 11.1 Å². The van der Waals surface area contributed by atoms with Gasteiger partial charge in [0.2, 0.25) is 0 Å². The zero-order chi connectivity index (χ0) is 13.9. The van der Waals surface area contributed by atoms with Crippen molar-refractivity contribution >= 4 is 29.1 Å². The van der Waals surface area contributed by atoms with Crippen LogP contribution >= 0.6 is 23.4 Å². The van der Waals surface area contributed by atoms with E-state index in [2.05, 4.69) is 4.74 Å². The van der Waals surface area contributed by atoms with Crippen molar-refractivity contribution in [1.82, 2.24) is 0 Å². The third kappa shape index (κ3) is 4.10. The molecule has 0 fully saturated rings. The lowest BCUT2D eigenvalue weighted by Crippen LogP contribution is -2.19. The Morgan fingerprint density at radius 3 is 2.50 bits per heavy atom. The van der Waals surface area contributed by atoms with Crippen LogP contribution in [0.3, 0.4) is 0 Å². The topological polar surface area (TPSA) is 26.3 Å². The van der Waals surface area contributed by atoms with Crippen LogP contribution in [-0.2, 0) is 4.79 Å². The molecule has 1 aromatic carbocycles. The van der Waals surface area contributed by atoms with Gasteiger partial charge in [0, 0.05) is 10.5 Å². The van der Waals surface area contributed by atoms with E-state index in [1.54, 1.807) is 12.3 Å². The number of rotatable bonds is 4. The largest absolute Gasteiger partial charge is 0.573 e. The summed E-state index contributed by atoms with van der Waals surface area (Å²) in [5.41, 5.74) is 0.0132. The average Bonchev–Trinajstić information content (AvgIpc) is 2.25. The highest BCUT2D eigenvalue weighted by Gasteiger charge is 2.33. The van der Waals surface area contributed by atoms with Gasteiger partial charge in [0.05, 0.1) is 0 Å². The van der Waals surface area contributed by atoms with E-state index >= 15 is 0 Å². The summed E-state index contributed by atoms with van der Waals surface area (Å²) in [4.78, 5) is 11.7. The van der Waals surface area contributed by atoms with Gasteiger partial charge in [-0.05, 0) is 25.3 Å². The Hall–Kier alpha value is -0.880. The molecule has 0 amide bonds. The highest BCUT2D eigenvalue weighted by atomic mass is 35.5. The van der Waals surface area contributed by atoms with E-state index in [0.717, 1.165) is 0 Å². The third-order valence-corrected chi connectivity index (χ3v) is 3.34. The second kappa shape index (κ2) is 5.84. The molecule has 100 valence electrons. The number of thioether (sulfide) groups is 1. The maximum atomic E-state index is 12.3. The van der Waals surface area contributed by atoms with Crippen LogP contribution in [0.2, 0.25) is 0 Å². The van der Waals surface area contributed by atoms with Gasteiger partial charge in [-0.15, -0.1) is 36.5 Å². The van der Waals surface area contributed by atoms with Gasteiger partial charge < -0.3 is 4.74 Å². The van der Waals surface area contributed by atoms with Crippen LogP contribution in [0.5, 0.6) is 5.75 Å². The molecule has 1 atom stereocenters. The Labute approximate surface area is 111 Å². The first-order valence-corrected chi connectivity index (χ1v) is 6.49. The number of benzene rings is 1. The summed E-state index contributed by atoms with van der Waals surface area (Å²) in [6.45, 7) is 1.21. The second-order valence-electron chi connectivity index (χ2n) is 3.42. The molecule has 0 spiro atoms. The quantitative estimate of drug-likeness (QED) is 0.616. The molecular formula is C11H10ClF3O2S. The lowest BCUT2D eigenvalue weighted by Gasteiger charge is -2.16. The van der Waals surface area contributed by atoms with Crippen molar-refractivity contribution in [2.75, 3.05) is 6.26 Å². The van der Waals surface area contributed by atoms with Crippen LogP contribution < -0.4 is 4.74 Å². The molecule has 1 unspecified atom stereocenters. The standard InChI is InChI=1S/C11H10ClF3O2S/c1-6(16)10(12)8-4-3-7(18-2)5-9(8)17-11(13,14)15/h3-5,10H,1-2H3. The first kappa shape index (κ1) is 15.2. The van der Waals surface area contributed by atoms with Crippen LogP contribution in [0, 0.1) is 0 Å². The Kier molecular flexibility index (Phi) is 4.92. The second-order valence-corrected chi connectivity index (χ2v) is 4.74. The smallest absolute Gasteiger partial charge is 0.405 e. The normalized spacial score (nSPS) is 13.2. The number of ketones is 1. The van der Waals surface area contributed by atoms with Gasteiger partial charge in [-0.1, -0.05) is 6.07 Å². The van der Waals surface area contributed by atoms with Crippen molar-refractivity contribution in [3.05, 3.63) is 23.8 Å². The minimum absolute atomic E-state index is 0.0132. The summed E-state index contributed by atoms with van der Waals surface area (Å²) in [5.74, 6) is -0.884. The maximum Gasteiger partial charge on any atom is 0.573 e. The summed E-state index contributed by atoms with van der Waals surface area (Å²) in [7, 11) is 0. The van der Waals surface area contributed by atoms with Crippen LogP contribution in [0.4, 0.5) is 13.2 Å². The Bertz CT molecular complexity index is 448. The monoisotopic (exact) mass is 298 g/mol. The Balaban J connectivity index is 3.20. The number of hydrogen-bond donors (Lipinski definition) is 0. The number of alkyl halides is 4. The number of halogens is 4. The number of ether oxygens (including phenoxy) is 1. The Morgan fingerprint density at radius 1 is 1.44 bits per heavy atom. The molecule has 0 radical (unpaired) electrons. The molecule has 1 aromatic rings. The summed E-state index contributed by atoms with van der Waals surface area (Å²) in [5, 5.41) is -1.15. The van der Waals surface area contributed by atoms with Gasteiger partial charge >= 0.3 is 6.36 Å². The molecule has 0 aromatic heterocycles. The van der Waals surface area contributed by atoms with E-state index < -0.39 is 23.3 Å². The summed E-state index contributed by atoms with van der Waals surface area (Å²) < 4.78 is 40.7. The van der Waals surface area contributed by atoms with Crippen molar-refractivity contribution < 1.29 is 22.7 Å². The molecule has 2 nitrogen and oxygen atoms in total. The third-order valence-electron chi connectivity index (χ3n) is 2.08. The molecule has 1 rings (SSSR count). The van der Waals surface area contributed by atoms with E-state index in [0.29, 0.717) is 4.90 Å². The van der Waals surface area contributed by atoms with Crippen molar-refractivity contribution in [1.29, 1.82) is 0 Å². The predicted molar refractivity (Wildman–Crippen MR) is 64.2 cm³/mol. The Morgan fingerprint density at radius 2 is 2.06 bits per heavy atom. The van der Waals surface area contributed by atoms with E-state index in [-0.39, 0.29) is 5.56 Å². The zero-order valence-electron chi connectivity index (χ0n) is 9.55. The van der Waals surface area contributed by atoms with Gasteiger partial charge in [-0.25, -0.2) is 0 Å². The molecule has 7 heteroatoms. The highest BCUT2D eigenvalue weighted by molar-refractivity contribution is 7.98. The van der Waals surface area contributed by atoms with Crippen LogP contribution in [0.1, 0.15) is 17.9 Å². The molecule has 0 aliphatic rings. The number of Topliss-reactive ketones (excluding diaryl/α,β-unsaturated/α-hetero) is 1. The average molecular weight is 299 g/mol. The van der Waals surface area contributed by atoms with Gasteiger partial charge in [0.15, 0.2) is 5.78 Å². The number of carbonyl (C=O) groups excluding carboxylic acids is 1. The van der Waals surface area contributed by atoms with E-state index in [9.17, 15) is 18.0 Å². The number of hydrogen-bond acceptors (Lipinski definition) is 3. The van der Waals surface area contributed by atoms with Crippen LogP contribution in [0.25, 0.3) is 0 Å². The maximum absolute atomic E-state index is 12.3. The summed E-state index contributed by atoms with van der Waals surface area (Å²) >= 11 is 7.03. The molecule has 0 bridgehead atoms. The lowest BCUT2D eigenvalue weighted by molar-refractivity contribution is -0.275. The SMILES string of the molecule is CSc1ccc(C(Cl)C(C)=O)c(OC(F)(F)F)c1. The molecule has 0 heterocycles. The molecule has 18 heavy (non-hydrogen) atoms. The van der Waals surface area contributed by atoms with Crippen LogP contribution in [0.15, 0.2) is 23.1 Å². The predicted octanol–water partition coefficient (Wildman–Crippen LogP) is 4.18. The minimum Gasteiger partial charge on any atom is -0.405 e. The fourth-order valence-corrected chi connectivity index (χ4v) is 1.89. The lowest BCUT2D eigenvalue weighted by atomic mass is 10.1. The summed E-state index contributed by atoms with van der Waals surface area (Å²) in [6, 6.07) is 4.17. The fourth-order valence-electron chi connectivity index (χ4n) is 1.28. The number of carbonyl (C=O) groups is 1. The zero-order valence-corrected chi connectivity index (χ0v) is 11.1. The van der Waals surface area contributed by atoms with Crippen molar-refractivity contribution in [2.45, 2.75) is 23.6 Å². The van der Waals surface area contributed by atoms with Crippen LogP contribution in [-0.4, -0.2) is 18.4 Å². The molecule has 0 N–H and O–H groups in total. The van der Waals surface area contributed by atoms with Gasteiger partial charge in [0.25, 0.3) is 0 Å². The van der Waals surface area contributed by atoms with E-state index in [4.69, 9.17) is 11.6 Å². The molecule has 0 aliphatic carbocycles. The van der Waals surface area contributed by atoms with E-state index in [1.165, 1.54) is 30.8 Å². The first-order chi connectivity index (χ1) is 8.24. The van der Waals surface area contributed by atoms with Crippen molar-refractivity contribution in [2.24, 2.45) is 0 Å². The van der Waals surface area contributed by atoms with Gasteiger partial charge in [-0.3, -0.25) is 4.79 Å². The molecule has 0 saturated heterocycles. The van der Waals surface area contributed by atoms with Crippen molar-refractivity contribution in [3.63, 3.8) is 0 Å². The van der Waals surface area contributed by atoms with Gasteiger partial charge in [-0.2, -0.15) is 0 Å². The molecular weight excluding hydrogens is 289 g/mol. The van der Waals surface area contributed by atoms with Crippen molar-refractivity contribution in [3.8, 4) is 5.75 Å². The molecule has 0 saturated carbocycles. The summed E-state index contributed by atoms with van der Waals surface area (Å²) in [6.07, 6.45) is -3.10. The van der Waals surface area contributed by atoms with E-state index in [1.807, 2.05) is 0 Å². The first-order valence-electron chi connectivity index (χ1n) is 4.83.